The Kier molecular flexibility index (Phi) is 3.38. The Morgan fingerprint density at radius 1 is 1.47 bits per heavy atom. The van der Waals surface area contributed by atoms with Gasteiger partial charge in [-0.3, -0.25) is 4.79 Å². The van der Waals surface area contributed by atoms with Gasteiger partial charge in [-0.15, -0.1) is 0 Å². The van der Waals surface area contributed by atoms with Crippen molar-refractivity contribution in [2.45, 2.75) is 13.3 Å². The maximum Gasteiger partial charge on any atom is 0.337 e. The molecule has 0 radical (unpaired) electrons. The highest BCUT2D eigenvalue weighted by molar-refractivity contribution is 6.00. The number of rotatable bonds is 3. The largest absolute Gasteiger partial charge is 0.478 e. The maximum atomic E-state index is 13.2. The van der Waals surface area contributed by atoms with Crippen molar-refractivity contribution in [3.8, 4) is 0 Å². The number of hydrogen-bond donors (Lipinski definition) is 2. The Bertz CT molecular complexity index is 404. The van der Waals surface area contributed by atoms with Crippen LogP contribution in [-0.2, 0) is 4.79 Å². The molecule has 0 saturated heterocycles. The SMILES string of the molecule is CCC(=O)Nc1c(F)cccc1C(=O)O. The minimum Gasteiger partial charge on any atom is -0.478 e. The molecule has 0 unspecified atom stereocenters. The van der Waals surface area contributed by atoms with E-state index >= 15 is 0 Å². The van der Waals surface area contributed by atoms with Crippen molar-refractivity contribution in [3.63, 3.8) is 0 Å². The number of carbonyl (C=O) groups is 2. The molecule has 0 saturated carbocycles. The molecule has 0 aliphatic carbocycles. The predicted octanol–water partition coefficient (Wildman–Crippen LogP) is 1.87. The highest BCUT2D eigenvalue weighted by atomic mass is 19.1. The second-order valence-corrected chi connectivity index (χ2v) is 2.87. The van der Waals surface area contributed by atoms with Crippen LogP contribution in [0.2, 0.25) is 0 Å². The van der Waals surface area contributed by atoms with Crippen molar-refractivity contribution >= 4 is 17.6 Å². The van der Waals surface area contributed by atoms with Crippen LogP contribution in [0.25, 0.3) is 0 Å². The first kappa shape index (κ1) is 11.2. The van der Waals surface area contributed by atoms with E-state index < -0.39 is 17.7 Å². The van der Waals surface area contributed by atoms with Gasteiger partial charge >= 0.3 is 5.97 Å². The molecule has 1 rings (SSSR count). The molecular weight excluding hydrogens is 201 g/mol. The lowest BCUT2D eigenvalue weighted by atomic mass is 10.1. The van der Waals surface area contributed by atoms with Gasteiger partial charge < -0.3 is 10.4 Å². The molecule has 2 N–H and O–H groups in total. The van der Waals surface area contributed by atoms with Crippen molar-refractivity contribution in [1.29, 1.82) is 0 Å². The van der Waals surface area contributed by atoms with E-state index in [0.29, 0.717) is 0 Å². The summed E-state index contributed by atoms with van der Waals surface area (Å²) in [5, 5.41) is 11.0. The molecular formula is C10H10FNO3. The van der Waals surface area contributed by atoms with Crippen LogP contribution in [0.1, 0.15) is 23.7 Å². The first-order chi connectivity index (χ1) is 7.06. The quantitative estimate of drug-likeness (QED) is 0.802. The molecule has 1 aromatic carbocycles. The lowest BCUT2D eigenvalue weighted by Crippen LogP contribution is -2.14. The van der Waals surface area contributed by atoms with Crippen LogP contribution in [0, 0.1) is 5.82 Å². The summed E-state index contributed by atoms with van der Waals surface area (Å²) in [6.45, 7) is 1.59. The maximum absolute atomic E-state index is 13.2. The lowest BCUT2D eigenvalue weighted by molar-refractivity contribution is -0.115. The van der Waals surface area contributed by atoms with Gasteiger partial charge in [0.1, 0.15) is 5.82 Å². The van der Waals surface area contributed by atoms with E-state index in [1.165, 1.54) is 12.1 Å². The van der Waals surface area contributed by atoms with Crippen LogP contribution in [0.15, 0.2) is 18.2 Å². The molecule has 0 atom stereocenters. The van der Waals surface area contributed by atoms with Gasteiger partial charge in [-0.25, -0.2) is 9.18 Å². The van der Waals surface area contributed by atoms with Crippen LogP contribution >= 0.6 is 0 Å². The van der Waals surface area contributed by atoms with Gasteiger partial charge in [-0.05, 0) is 12.1 Å². The topological polar surface area (TPSA) is 66.4 Å². The summed E-state index contributed by atoms with van der Waals surface area (Å²) in [6, 6.07) is 3.61. The second-order valence-electron chi connectivity index (χ2n) is 2.87. The smallest absolute Gasteiger partial charge is 0.337 e. The van der Waals surface area contributed by atoms with Gasteiger partial charge in [0.15, 0.2) is 0 Å². The molecule has 0 fully saturated rings. The first-order valence-corrected chi connectivity index (χ1v) is 4.38. The third-order valence-corrected chi connectivity index (χ3v) is 1.83. The van der Waals surface area contributed by atoms with E-state index in [1.807, 2.05) is 0 Å². The summed E-state index contributed by atoms with van der Waals surface area (Å²) >= 11 is 0. The molecule has 4 nitrogen and oxygen atoms in total. The van der Waals surface area contributed by atoms with Gasteiger partial charge in [-0.1, -0.05) is 13.0 Å². The number of carboxylic acids is 1. The Balaban J connectivity index is 3.13. The third kappa shape index (κ3) is 2.52. The summed E-state index contributed by atoms with van der Waals surface area (Å²) in [5.74, 6) is -2.46. The van der Waals surface area contributed by atoms with E-state index in [-0.39, 0.29) is 17.7 Å². The minimum absolute atomic E-state index is 0.160. The average molecular weight is 211 g/mol. The highest BCUT2D eigenvalue weighted by Gasteiger charge is 2.15. The summed E-state index contributed by atoms with van der Waals surface area (Å²) in [7, 11) is 0. The fourth-order valence-electron chi connectivity index (χ4n) is 1.06. The predicted molar refractivity (Wildman–Crippen MR) is 52.3 cm³/mol. The summed E-state index contributed by atoms with van der Waals surface area (Å²) < 4.78 is 13.2. The molecule has 0 heterocycles. The fraction of sp³-hybridized carbons (Fsp3) is 0.200. The van der Waals surface area contributed by atoms with Crippen LogP contribution in [-0.4, -0.2) is 17.0 Å². The number of carboxylic acid groups (broad SMARTS) is 1. The molecule has 0 aliphatic rings. The van der Waals surface area contributed by atoms with E-state index in [9.17, 15) is 14.0 Å². The monoisotopic (exact) mass is 211 g/mol. The average Bonchev–Trinajstić information content (AvgIpc) is 2.20. The van der Waals surface area contributed by atoms with Crippen molar-refractivity contribution in [1.82, 2.24) is 0 Å². The third-order valence-electron chi connectivity index (χ3n) is 1.83. The number of aromatic carboxylic acids is 1. The zero-order chi connectivity index (χ0) is 11.4. The van der Waals surface area contributed by atoms with Gasteiger partial charge in [0.2, 0.25) is 5.91 Å². The van der Waals surface area contributed by atoms with E-state index in [0.717, 1.165) is 6.07 Å². The number of nitrogens with one attached hydrogen (secondary N) is 1. The molecule has 1 amide bonds. The summed E-state index contributed by atoms with van der Waals surface area (Å²) in [5.41, 5.74) is -0.534. The van der Waals surface area contributed by atoms with Crippen LogP contribution in [0.4, 0.5) is 10.1 Å². The Morgan fingerprint density at radius 2 is 2.13 bits per heavy atom. The van der Waals surface area contributed by atoms with E-state index in [1.54, 1.807) is 6.92 Å². The van der Waals surface area contributed by atoms with Gasteiger partial charge in [-0.2, -0.15) is 0 Å². The van der Waals surface area contributed by atoms with Gasteiger partial charge in [0.25, 0.3) is 0 Å². The standard InChI is InChI=1S/C10H10FNO3/c1-2-8(13)12-9-6(10(14)15)4-3-5-7(9)11/h3-5H,2H2,1H3,(H,12,13)(H,14,15). The number of benzene rings is 1. The molecule has 0 bridgehead atoms. The van der Waals surface area contributed by atoms with Crippen LogP contribution in [0.3, 0.4) is 0 Å². The van der Waals surface area contributed by atoms with Crippen LogP contribution in [0.5, 0.6) is 0 Å². The molecule has 1 aromatic rings. The van der Waals surface area contributed by atoms with Gasteiger partial charge in [0, 0.05) is 6.42 Å². The van der Waals surface area contributed by atoms with E-state index in [2.05, 4.69) is 5.32 Å². The normalized spacial score (nSPS) is 9.73. The number of anilines is 1. The van der Waals surface area contributed by atoms with Crippen molar-refractivity contribution in [2.75, 3.05) is 5.32 Å². The fourth-order valence-corrected chi connectivity index (χ4v) is 1.06. The number of amides is 1. The molecule has 80 valence electrons. The van der Waals surface area contributed by atoms with E-state index in [4.69, 9.17) is 5.11 Å². The zero-order valence-corrected chi connectivity index (χ0v) is 8.08. The summed E-state index contributed by atoms with van der Waals surface area (Å²) in [4.78, 5) is 21.8. The Morgan fingerprint density at radius 3 is 2.67 bits per heavy atom. The number of halogens is 1. The lowest BCUT2D eigenvalue weighted by Gasteiger charge is -2.08. The molecule has 0 aromatic heterocycles. The number of hydrogen-bond acceptors (Lipinski definition) is 2. The van der Waals surface area contributed by atoms with Crippen LogP contribution < -0.4 is 5.32 Å². The Labute approximate surface area is 85.7 Å². The van der Waals surface area contributed by atoms with Crippen molar-refractivity contribution in [2.24, 2.45) is 0 Å². The highest BCUT2D eigenvalue weighted by Crippen LogP contribution is 2.19. The minimum atomic E-state index is -1.28. The first-order valence-electron chi connectivity index (χ1n) is 4.38. The van der Waals surface area contributed by atoms with Gasteiger partial charge in [0.05, 0.1) is 11.3 Å². The Hall–Kier alpha value is -1.91. The molecule has 0 spiro atoms. The van der Waals surface area contributed by atoms with Crippen molar-refractivity contribution < 1.29 is 19.1 Å². The molecule has 5 heteroatoms. The number of carbonyl (C=O) groups excluding carboxylic acids is 1. The number of para-hydroxylation sites is 1. The van der Waals surface area contributed by atoms with Crippen molar-refractivity contribution in [3.05, 3.63) is 29.6 Å². The summed E-state index contributed by atoms with van der Waals surface area (Å²) in [6.07, 6.45) is 0.160. The molecule has 0 aliphatic heterocycles. The molecule has 15 heavy (non-hydrogen) atoms. The second kappa shape index (κ2) is 4.54. The zero-order valence-electron chi connectivity index (χ0n) is 8.08.